The van der Waals surface area contributed by atoms with Gasteiger partial charge in [-0.05, 0) is 48.9 Å². The minimum absolute atomic E-state index is 0.182. The van der Waals surface area contributed by atoms with Crippen LogP contribution in [0.15, 0.2) is 88.9 Å². The van der Waals surface area contributed by atoms with Gasteiger partial charge in [-0.25, -0.2) is 8.42 Å². The van der Waals surface area contributed by atoms with Crippen LogP contribution >= 0.6 is 11.6 Å². The van der Waals surface area contributed by atoms with E-state index in [1.54, 1.807) is 54.6 Å². The van der Waals surface area contributed by atoms with Crippen molar-refractivity contribution in [2.75, 3.05) is 10.1 Å². The Balaban J connectivity index is 1.74. The van der Waals surface area contributed by atoms with Gasteiger partial charge in [0.25, 0.3) is 10.0 Å². The standard InChI is InChI=1S/C20H18ClN3O2S/c1-15(22-23-20-10-6-5-9-19(20)21)16-11-13-18(14-12-16)27(25,26)24-17-7-3-2-4-8-17/h2-14,23-24H,1H3. The maximum Gasteiger partial charge on any atom is 0.261 e. The molecule has 0 saturated carbocycles. The molecule has 138 valence electrons. The summed E-state index contributed by atoms with van der Waals surface area (Å²) in [6.45, 7) is 1.83. The molecule has 2 N–H and O–H groups in total. The second kappa shape index (κ2) is 8.24. The molecule has 3 aromatic rings. The van der Waals surface area contributed by atoms with E-state index in [4.69, 9.17) is 11.6 Å². The second-order valence-corrected chi connectivity index (χ2v) is 7.87. The van der Waals surface area contributed by atoms with Crippen molar-refractivity contribution in [3.05, 3.63) is 89.4 Å². The molecule has 0 radical (unpaired) electrons. The highest BCUT2D eigenvalue weighted by Crippen LogP contribution is 2.21. The minimum atomic E-state index is -3.64. The molecule has 0 aliphatic carbocycles. The van der Waals surface area contributed by atoms with Crippen molar-refractivity contribution in [1.82, 2.24) is 0 Å². The zero-order valence-electron chi connectivity index (χ0n) is 14.6. The summed E-state index contributed by atoms with van der Waals surface area (Å²) in [6.07, 6.45) is 0. The summed E-state index contributed by atoms with van der Waals surface area (Å²) in [7, 11) is -3.64. The molecule has 5 nitrogen and oxygen atoms in total. The zero-order chi connectivity index (χ0) is 19.3. The molecule has 0 amide bonds. The SMILES string of the molecule is CC(=NNc1ccccc1Cl)c1ccc(S(=O)(=O)Nc2ccccc2)cc1. The van der Waals surface area contributed by atoms with Gasteiger partial charge in [0.2, 0.25) is 0 Å². The predicted molar refractivity (Wildman–Crippen MR) is 111 cm³/mol. The van der Waals surface area contributed by atoms with Crippen molar-refractivity contribution in [2.24, 2.45) is 5.10 Å². The molecule has 0 aliphatic rings. The van der Waals surface area contributed by atoms with E-state index in [9.17, 15) is 8.42 Å². The maximum atomic E-state index is 12.5. The van der Waals surface area contributed by atoms with Crippen LogP contribution in [0.3, 0.4) is 0 Å². The predicted octanol–water partition coefficient (Wildman–Crippen LogP) is 4.98. The number of anilines is 2. The topological polar surface area (TPSA) is 70.6 Å². The second-order valence-electron chi connectivity index (χ2n) is 5.78. The van der Waals surface area contributed by atoms with Crippen LogP contribution in [0.1, 0.15) is 12.5 Å². The highest BCUT2D eigenvalue weighted by atomic mass is 35.5. The average Bonchev–Trinajstić information content (AvgIpc) is 2.68. The van der Waals surface area contributed by atoms with Crippen LogP contribution in [0.25, 0.3) is 0 Å². The summed E-state index contributed by atoms with van der Waals surface area (Å²) < 4.78 is 27.5. The summed E-state index contributed by atoms with van der Waals surface area (Å²) in [5.41, 5.74) is 5.63. The van der Waals surface area contributed by atoms with Crippen molar-refractivity contribution in [3.8, 4) is 0 Å². The third kappa shape index (κ3) is 4.87. The van der Waals surface area contributed by atoms with Crippen molar-refractivity contribution in [3.63, 3.8) is 0 Å². The van der Waals surface area contributed by atoms with Gasteiger partial charge in [0.15, 0.2) is 0 Å². The van der Waals surface area contributed by atoms with Crippen LogP contribution < -0.4 is 10.1 Å². The third-order valence-corrected chi connectivity index (χ3v) is 5.55. The number of nitrogens with zero attached hydrogens (tertiary/aromatic N) is 1. The Morgan fingerprint density at radius 3 is 2.19 bits per heavy atom. The fourth-order valence-corrected chi connectivity index (χ4v) is 3.59. The first-order valence-corrected chi connectivity index (χ1v) is 10.0. The van der Waals surface area contributed by atoms with Crippen LogP contribution in [-0.4, -0.2) is 14.1 Å². The first-order valence-electron chi connectivity index (χ1n) is 8.19. The molecule has 0 atom stereocenters. The Morgan fingerprint density at radius 2 is 1.52 bits per heavy atom. The quantitative estimate of drug-likeness (QED) is 0.453. The first-order chi connectivity index (χ1) is 13.0. The van der Waals surface area contributed by atoms with Gasteiger partial charge in [-0.2, -0.15) is 5.10 Å². The fourth-order valence-electron chi connectivity index (χ4n) is 2.36. The molecule has 0 fully saturated rings. The highest BCUT2D eigenvalue weighted by molar-refractivity contribution is 7.92. The number of nitrogens with one attached hydrogen (secondary N) is 2. The summed E-state index contributed by atoms with van der Waals surface area (Å²) in [4.78, 5) is 0.182. The fraction of sp³-hybridized carbons (Fsp3) is 0.0500. The van der Waals surface area contributed by atoms with Crippen molar-refractivity contribution >= 4 is 38.7 Å². The van der Waals surface area contributed by atoms with E-state index < -0.39 is 10.0 Å². The van der Waals surface area contributed by atoms with E-state index in [2.05, 4.69) is 15.2 Å². The van der Waals surface area contributed by atoms with E-state index in [1.165, 1.54) is 0 Å². The lowest BCUT2D eigenvalue weighted by atomic mass is 10.1. The average molecular weight is 400 g/mol. The Labute approximate surface area is 163 Å². The van der Waals surface area contributed by atoms with Crippen molar-refractivity contribution < 1.29 is 8.42 Å². The third-order valence-electron chi connectivity index (χ3n) is 3.83. The maximum absolute atomic E-state index is 12.5. The van der Waals surface area contributed by atoms with Crippen molar-refractivity contribution in [1.29, 1.82) is 0 Å². The summed E-state index contributed by atoms with van der Waals surface area (Å²) in [5.74, 6) is 0. The number of sulfonamides is 1. The van der Waals surface area contributed by atoms with Crippen LogP contribution in [0, 0.1) is 0 Å². The Bertz CT molecular complexity index is 1050. The van der Waals surface area contributed by atoms with E-state index >= 15 is 0 Å². The monoisotopic (exact) mass is 399 g/mol. The van der Waals surface area contributed by atoms with E-state index in [0.29, 0.717) is 22.1 Å². The lowest BCUT2D eigenvalue weighted by Crippen LogP contribution is -2.13. The molecule has 0 aromatic heterocycles. The van der Waals surface area contributed by atoms with Gasteiger partial charge >= 0.3 is 0 Å². The molecule has 0 aliphatic heterocycles. The van der Waals surface area contributed by atoms with Crippen LogP contribution in [-0.2, 0) is 10.0 Å². The first kappa shape index (κ1) is 18.9. The van der Waals surface area contributed by atoms with E-state index in [-0.39, 0.29) is 4.90 Å². The van der Waals surface area contributed by atoms with Gasteiger partial charge < -0.3 is 0 Å². The Kier molecular flexibility index (Phi) is 5.78. The molecule has 3 rings (SSSR count). The summed E-state index contributed by atoms with van der Waals surface area (Å²) >= 11 is 6.09. The van der Waals surface area contributed by atoms with Gasteiger partial charge in [-0.1, -0.05) is 54.1 Å². The molecular weight excluding hydrogens is 382 g/mol. The number of hydrazone groups is 1. The summed E-state index contributed by atoms with van der Waals surface area (Å²) in [5, 5.41) is 4.87. The normalized spacial score (nSPS) is 11.9. The minimum Gasteiger partial charge on any atom is -0.280 e. The molecular formula is C20H18ClN3O2S. The Hall–Kier alpha value is -2.83. The zero-order valence-corrected chi connectivity index (χ0v) is 16.1. The lowest BCUT2D eigenvalue weighted by Gasteiger charge is -2.09. The molecule has 27 heavy (non-hydrogen) atoms. The molecule has 0 spiro atoms. The number of rotatable bonds is 6. The number of hydrogen-bond donors (Lipinski definition) is 2. The van der Waals surface area contributed by atoms with Gasteiger partial charge in [-0.3, -0.25) is 10.1 Å². The van der Waals surface area contributed by atoms with Crippen LogP contribution in [0.5, 0.6) is 0 Å². The van der Waals surface area contributed by atoms with Crippen LogP contribution in [0.4, 0.5) is 11.4 Å². The van der Waals surface area contributed by atoms with Gasteiger partial charge in [0.1, 0.15) is 0 Å². The molecule has 7 heteroatoms. The van der Waals surface area contributed by atoms with Gasteiger partial charge in [-0.15, -0.1) is 0 Å². The van der Waals surface area contributed by atoms with E-state index in [0.717, 1.165) is 5.56 Å². The van der Waals surface area contributed by atoms with Crippen molar-refractivity contribution in [2.45, 2.75) is 11.8 Å². The lowest BCUT2D eigenvalue weighted by molar-refractivity contribution is 0.601. The Morgan fingerprint density at radius 1 is 0.889 bits per heavy atom. The number of benzene rings is 3. The molecule has 0 bridgehead atoms. The van der Waals surface area contributed by atoms with Gasteiger partial charge in [0.05, 0.1) is 21.3 Å². The van der Waals surface area contributed by atoms with Gasteiger partial charge in [0, 0.05) is 5.69 Å². The number of hydrogen-bond acceptors (Lipinski definition) is 4. The largest absolute Gasteiger partial charge is 0.280 e. The summed E-state index contributed by atoms with van der Waals surface area (Å²) in [6, 6.07) is 22.6. The molecule has 3 aromatic carbocycles. The smallest absolute Gasteiger partial charge is 0.261 e. The molecule has 0 unspecified atom stereocenters. The highest BCUT2D eigenvalue weighted by Gasteiger charge is 2.14. The number of halogens is 1. The number of para-hydroxylation sites is 2. The molecule has 0 heterocycles. The molecule has 0 saturated heterocycles. The van der Waals surface area contributed by atoms with Crippen LogP contribution in [0.2, 0.25) is 5.02 Å². The van der Waals surface area contributed by atoms with E-state index in [1.807, 2.05) is 31.2 Å².